The van der Waals surface area contributed by atoms with E-state index in [2.05, 4.69) is 0 Å². The van der Waals surface area contributed by atoms with Crippen molar-refractivity contribution in [1.29, 1.82) is 0 Å². The van der Waals surface area contributed by atoms with E-state index in [1.807, 2.05) is 0 Å². The molecule has 0 amide bonds. The van der Waals surface area contributed by atoms with Crippen molar-refractivity contribution in [1.82, 2.24) is 0 Å². The van der Waals surface area contributed by atoms with Gasteiger partial charge in [-0.15, -0.1) is 0 Å². The van der Waals surface area contributed by atoms with Gasteiger partial charge in [0.25, 0.3) is 0 Å². The summed E-state index contributed by atoms with van der Waals surface area (Å²) in [7, 11) is -10.4. The number of carbonyl (C=O) groups is 1. The molecular formula is CH8O7P2. The quantitative estimate of drug-likeness (QED) is 0.281. The number of hydrogen-bond acceptors (Lipinski definition) is 7. The van der Waals surface area contributed by atoms with Crippen LogP contribution in [0.5, 0.6) is 0 Å². The van der Waals surface area contributed by atoms with E-state index in [0.717, 1.165) is 0 Å². The van der Waals surface area contributed by atoms with E-state index < -0.39 is 21.2 Å². The molecule has 0 atom stereocenters. The van der Waals surface area contributed by atoms with E-state index in [1.165, 1.54) is 0 Å². The second-order valence-corrected chi connectivity index (χ2v) is 5.55. The van der Waals surface area contributed by atoms with Gasteiger partial charge in [0.05, 0.1) is 0 Å². The number of rotatable bonds is 2. The molecule has 0 fully saturated rings. The Bertz CT molecular complexity index is 123. The zero-order chi connectivity index (χ0) is 8.58. The van der Waals surface area contributed by atoms with Crippen LogP contribution in [0.1, 0.15) is 0 Å². The predicted octanol–water partition coefficient (Wildman–Crippen LogP) is -1.95. The Labute approximate surface area is 56.4 Å². The molecule has 0 rings (SSSR count). The van der Waals surface area contributed by atoms with Crippen LogP contribution in [0.15, 0.2) is 0 Å². The van der Waals surface area contributed by atoms with Crippen LogP contribution in [-0.2, 0) is 0 Å². The molecule has 0 saturated heterocycles. The molecule has 64 valence electrons. The van der Waals surface area contributed by atoms with Gasteiger partial charge in [-0.25, -0.2) is 0 Å². The van der Waals surface area contributed by atoms with Gasteiger partial charge < -0.3 is 0 Å². The average Bonchev–Trinajstić information content (AvgIpc) is 1.59. The van der Waals surface area contributed by atoms with Gasteiger partial charge in [0.2, 0.25) is 0 Å². The summed E-state index contributed by atoms with van der Waals surface area (Å²) in [6, 6.07) is 0. The molecule has 10 heavy (non-hydrogen) atoms. The standard InChI is InChI=1S/CH8O7P2/c2-1(9(3,4)5)10(6,7)8/h3-10H. The van der Waals surface area contributed by atoms with Crippen LogP contribution < -0.4 is 0 Å². The zero-order valence-electron chi connectivity index (χ0n) is 4.59. The Morgan fingerprint density at radius 2 is 1.00 bits per heavy atom. The summed E-state index contributed by atoms with van der Waals surface area (Å²) in [5.74, 6) is 0. The van der Waals surface area contributed by atoms with Crippen molar-refractivity contribution < 1.29 is 34.2 Å². The fraction of sp³-hybridized carbons (Fsp3) is 0. The summed E-state index contributed by atoms with van der Waals surface area (Å²) < 4.78 is 0. The zero-order valence-corrected chi connectivity index (χ0v) is 6.59. The van der Waals surface area contributed by atoms with Crippen molar-refractivity contribution in [3.63, 3.8) is 0 Å². The molecule has 0 aromatic heterocycles. The van der Waals surface area contributed by atoms with Crippen LogP contribution in [0.4, 0.5) is 4.79 Å². The topological polar surface area (TPSA) is 138 Å². The molecule has 0 aliphatic heterocycles. The minimum absolute atomic E-state index is 2.07. The maximum absolute atomic E-state index is 10.1. The molecule has 0 radical (unpaired) electrons. The molecule has 0 unspecified atom stereocenters. The van der Waals surface area contributed by atoms with E-state index in [1.54, 1.807) is 0 Å². The molecular weight excluding hydrogens is 186 g/mol. The third-order valence-electron chi connectivity index (χ3n) is 0.609. The summed E-state index contributed by atoms with van der Waals surface area (Å²) in [5.41, 5.74) is 0. The second-order valence-electron chi connectivity index (χ2n) is 1.60. The molecule has 0 aromatic rings. The summed E-state index contributed by atoms with van der Waals surface area (Å²) >= 11 is 0. The van der Waals surface area contributed by atoms with E-state index >= 15 is 0 Å². The van der Waals surface area contributed by atoms with Crippen molar-refractivity contribution in [2.24, 2.45) is 0 Å². The summed E-state index contributed by atoms with van der Waals surface area (Å²) in [5, 5.41) is -2.07. The second kappa shape index (κ2) is 2.73. The van der Waals surface area contributed by atoms with Gasteiger partial charge in [-0.2, -0.15) is 0 Å². The fourth-order valence-electron chi connectivity index (χ4n) is 0.225. The van der Waals surface area contributed by atoms with Crippen LogP contribution in [0.3, 0.4) is 0 Å². The maximum atomic E-state index is 10.1. The van der Waals surface area contributed by atoms with Crippen LogP contribution in [-0.4, -0.2) is 34.6 Å². The first-order valence-corrected chi connectivity index (χ1v) is 5.73. The molecule has 0 bridgehead atoms. The summed E-state index contributed by atoms with van der Waals surface area (Å²) in [6.45, 7) is 0. The normalized spacial score (nSPS) is 16.6. The van der Waals surface area contributed by atoms with E-state index in [0.29, 0.717) is 0 Å². The molecule has 0 saturated carbocycles. The van der Waals surface area contributed by atoms with Gasteiger partial charge in [0.1, 0.15) is 0 Å². The molecule has 0 heterocycles. The van der Waals surface area contributed by atoms with Crippen molar-refractivity contribution in [2.45, 2.75) is 0 Å². The van der Waals surface area contributed by atoms with Crippen LogP contribution in [0.25, 0.3) is 0 Å². The van der Waals surface area contributed by atoms with Gasteiger partial charge in [-0.3, -0.25) is 0 Å². The Morgan fingerprint density at radius 3 is 1.00 bits per heavy atom. The van der Waals surface area contributed by atoms with Crippen molar-refractivity contribution >= 4 is 21.2 Å². The van der Waals surface area contributed by atoms with Gasteiger partial charge in [0, 0.05) is 0 Å². The Morgan fingerprint density at radius 1 is 0.800 bits per heavy atom. The Hall–Kier alpha value is 0.290. The molecule has 0 aromatic carbocycles. The van der Waals surface area contributed by atoms with E-state index in [9.17, 15) is 4.79 Å². The monoisotopic (exact) mass is 194 g/mol. The minimum atomic E-state index is -5.22. The first-order valence-electron chi connectivity index (χ1n) is 2.05. The summed E-state index contributed by atoms with van der Waals surface area (Å²) in [4.78, 5) is 58.6. The van der Waals surface area contributed by atoms with Crippen LogP contribution >= 0.6 is 15.9 Å². The number of hydrogen-bond donors (Lipinski definition) is 6. The Kier molecular flexibility index (Phi) is 2.81. The summed E-state index contributed by atoms with van der Waals surface area (Å²) in [6.07, 6.45) is 0. The number of carbonyl (C=O) groups excluding carboxylic acids is 1. The molecule has 0 spiro atoms. The van der Waals surface area contributed by atoms with Crippen LogP contribution in [0, 0.1) is 0 Å². The van der Waals surface area contributed by atoms with E-state index in [4.69, 9.17) is 29.4 Å². The van der Waals surface area contributed by atoms with Crippen molar-refractivity contribution in [3.8, 4) is 0 Å². The molecule has 0 aliphatic carbocycles. The van der Waals surface area contributed by atoms with Crippen molar-refractivity contribution in [2.75, 3.05) is 0 Å². The molecule has 9 heteroatoms. The van der Waals surface area contributed by atoms with Gasteiger partial charge in [0.15, 0.2) is 0 Å². The SMILES string of the molecule is O=C([PH](O)(O)O)[PH](O)(O)O. The van der Waals surface area contributed by atoms with Gasteiger partial charge in [-0.05, 0) is 0 Å². The van der Waals surface area contributed by atoms with E-state index in [-0.39, 0.29) is 0 Å². The predicted molar refractivity (Wildman–Crippen MR) is 35.3 cm³/mol. The Balaban J connectivity index is 4.40. The molecule has 0 aliphatic rings. The molecule has 6 N–H and O–H groups in total. The van der Waals surface area contributed by atoms with Gasteiger partial charge >= 0.3 is 55.3 Å². The first-order chi connectivity index (χ1) is 4.15. The first kappa shape index (κ1) is 10.3. The van der Waals surface area contributed by atoms with Gasteiger partial charge in [-0.1, -0.05) is 0 Å². The third kappa shape index (κ3) is 2.92. The fourth-order valence-corrected chi connectivity index (χ4v) is 2.03. The van der Waals surface area contributed by atoms with Crippen molar-refractivity contribution in [3.05, 3.63) is 0 Å². The third-order valence-corrected chi connectivity index (χ3v) is 3.84. The average molecular weight is 194 g/mol. The molecule has 7 nitrogen and oxygen atoms in total. The van der Waals surface area contributed by atoms with Crippen LogP contribution in [0.2, 0.25) is 0 Å².